The summed E-state index contributed by atoms with van der Waals surface area (Å²) >= 11 is 0. The minimum Gasteiger partial charge on any atom is -0.438 e. The number of hydrogen-bond donors (Lipinski definition) is 0. The van der Waals surface area contributed by atoms with Crippen molar-refractivity contribution in [2.75, 3.05) is 0 Å². The maximum absolute atomic E-state index is 13.4. The normalized spacial score (nSPS) is 11.7. The van der Waals surface area contributed by atoms with Gasteiger partial charge in [0.1, 0.15) is 17.1 Å². The van der Waals surface area contributed by atoms with E-state index in [4.69, 9.17) is 4.74 Å². The van der Waals surface area contributed by atoms with E-state index in [1.54, 1.807) is 13.0 Å². The van der Waals surface area contributed by atoms with Gasteiger partial charge in [-0.3, -0.25) is 4.79 Å². The van der Waals surface area contributed by atoms with Gasteiger partial charge in [-0.15, -0.1) is 0 Å². The lowest BCUT2D eigenvalue weighted by Crippen LogP contribution is -2.17. The highest BCUT2D eigenvalue weighted by Crippen LogP contribution is 2.37. The molecule has 0 spiro atoms. The van der Waals surface area contributed by atoms with Crippen LogP contribution in [0.3, 0.4) is 0 Å². The fraction of sp³-hybridized carbons (Fsp3) is 0.208. The van der Waals surface area contributed by atoms with Gasteiger partial charge in [0.05, 0.1) is 10.9 Å². The molecular weight excluding hydrogens is 419 g/mol. The lowest BCUT2D eigenvalue weighted by molar-refractivity contribution is -0.138. The molecule has 0 saturated carbocycles. The summed E-state index contributed by atoms with van der Waals surface area (Å²) < 4.78 is 47.5. The minimum atomic E-state index is -4.62. The summed E-state index contributed by atoms with van der Waals surface area (Å²) in [6.45, 7) is 5.76. The number of halogens is 3. The van der Waals surface area contributed by atoms with E-state index in [1.165, 1.54) is 25.3 Å². The molecule has 32 heavy (non-hydrogen) atoms. The van der Waals surface area contributed by atoms with Crippen LogP contribution in [-0.4, -0.2) is 14.5 Å². The fourth-order valence-electron chi connectivity index (χ4n) is 3.46. The van der Waals surface area contributed by atoms with E-state index < -0.39 is 23.2 Å². The number of aryl methyl sites for hydroxylation is 3. The zero-order chi connectivity index (χ0) is 23.0. The molecule has 2 aromatic heterocycles. The van der Waals surface area contributed by atoms with Gasteiger partial charge >= 0.3 is 6.18 Å². The van der Waals surface area contributed by atoms with Gasteiger partial charge in [0.2, 0.25) is 5.88 Å². The van der Waals surface area contributed by atoms with Crippen molar-refractivity contribution in [3.8, 4) is 11.6 Å². The first-order valence-electron chi connectivity index (χ1n) is 9.90. The van der Waals surface area contributed by atoms with Crippen molar-refractivity contribution >= 4 is 10.9 Å². The number of pyridine rings is 1. The zero-order valence-corrected chi connectivity index (χ0v) is 17.7. The number of rotatable bonds is 4. The topological polar surface area (TPSA) is 57.0 Å². The minimum absolute atomic E-state index is 0.0731. The summed E-state index contributed by atoms with van der Waals surface area (Å²) in [7, 11) is 0. The van der Waals surface area contributed by atoms with Gasteiger partial charge < -0.3 is 9.30 Å². The van der Waals surface area contributed by atoms with Gasteiger partial charge in [0.25, 0.3) is 5.56 Å². The Hall–Kier alpha value is -3.68. The van der Waals surface area contributed by atoms with Gasteiger partial charge in [0.15, 0.2) is 0 Å². The maximum Gasteiger partial charge on any atom is 0.421 e. The third kappa shape index (κ3) is 4.34. The third-order valence-electron chi connectivity index (χ3n) is 5.11. The molecule has 4 rings (SSSR count). The molecule has 0 unspecified atom stereocenters. The molecule has 2 heterocycles. The van der Waals surface area contributed by atoms with Gasteiger partial charge in [-0.25, -0.2) is 4.98 Å². The van der Waals surface area contributed by atoms with E-state index in [-0.39, 0.29) is 11.1 Å². The van der Waals surface area contributed by atoms with E-state index in [9.17, 15) is 18.0 Å². The number of hydrogen-bond acceptors (Lipinski definition) is 4. The van der Waals surface area contributed by atoms with Crippen molar-refractivity contribution in [1.82, 2.24) is 14.5 Å². The number of alkyl halides is 3. The van der Waals surface area contributed by atoms with Crippen molar-refractivity contribution in [2.45, 2.75) is 33.5 Å². The summed E-state index contributed by atoms with van der Waals surface area (Å²) in [5.41, 5.74) is 1.69. The van der Waals surface area contributed by atoms with Crippen molar-refractivity contribution in [2.24, 2.45) is 0 Å². The van der Waals surface area contributed by atoms with Crippen LogP contribution in [0.2, 0.25) is 0 Å². The summed E-state index contributed by atoms with van der Waals surface area (Å²) in [6, 6.07) is 13.5. The predicted molar refractivity (Wildman–Crippen MR) is 115 cm³/mol. The Morgan fingerprint density at radius 3 is 2.38 bits per heavy atom. The number of benzene rings is 2. The average molecular weight is 439 g/mol. The van der Waals surface area contributed by atoms with Gasteiger partial charge in [-0.05, 0) is 56.2 Å². The van der Waals surface area contributed by atoms with E-state index in [0.717, 1.165) is 17.2 Å². The monoisotopic (exact) mass is 439 g/mol. The predicted octanol–water partition coefficient (Wildman–Crippen LogP) is 5.58. The quantitative estimate of drug-likeness (QED) is 0.417. The lowest BCUT2D eigenvalue weighted by atomic mass is 10.1. The Morgan fingerprint density at radius 1 is 0.969 bits per heavy atom. The Bertz CT molecular complexity index is 1360. The SMILES string of the molecule is Cc1ccc(Cn2c(C)nc(=O)c3cc(Oc4ncc(C)cc4C(F)(F)F)ccc32)cc1. The molecule has 164 valence electrons. The van der Waals surface area contributed by atoms with Crippen LogP contribution < -0.4 is 10.3 Å². The van der Waals surface area contributed by atoms with Gasteiger partial charge in [0, 0.05) is 12.7 Å². The van der Waals surface area contributed by atoms with Crippen LogP contribution in [0.25, 0.3) is 10.9 Å². The number of aromatic nitrogens is 3. The first-order chi connectivity index (χ1) is 15.1. The zero-order valence-electron chi connectivity index (χ0n) is 17.7. The van der Waals surface area contributed by atoms with E-state index in [0.29, 0.717) is 23.4 Å². The van der Waals surface area contributed by atoms with Crippen LogP contribution in [0, 0.1) is 20.8 Å². The highest BCUT2D eigenvalue weighted by molar-refractivity contribution is 5.80. The van der Waals surface area contributed by atoms with Crippen molar-refractivity contribution in [1.29, 1.82) is 0 Å². The number of fused-ring (bicyclic) bond motifs is 1. The van der Waals surface area contributed by atoms with Crippen LogP contribution >= 0.6 is 0 Å². The molecule has 5 nitrogen and oxygen atoms in total. The van der Waals surface area contributed by atoms with Crippen LogP contribution in [0.15, 0.2) is 59.5 Å². The first-order valence-corrected chi connectivity index (χ1v) is 9.90. The van der Waals surface area contributed by atoms with Crippen molar-refractivity contribution in [3.05, 3.63) is 93.2 Å². The Morgan fingerprint density at radius 2 is 1.69 bits per heavy atom. The molecule has 2 aromatic carbocycles. The standard InChI is InChI=1S/C24H20F3N3O2/c1-14-4-6-17(7-5-14)13-30-16(3)29-22(31)19-11-18(8-9-21(19)30)32-23-20(24(25,26)27)10-15(2)12-28-23/h4-12H,13H2,1-3H3. The maximum atomic E-state index is 13.4. The van der Waals surface area contributed by atoms with Crippen LogP contribution in [0.5, 0.6) is 11.6 Å². The molecule has 8 heteroatoms. The molecule has 0 aliphatic carbocycles. The lowest BCUT2D eigenvalue weighted by Gasteiger charge is -2.16. The van der Waals surface area contributed by atoms with E-state index >= 15 is 0 Å². The fourth-order valence-corrected chi connectivity index (χ4v) is 3.46. The van der Waals surface area contributed by atoms with Gasteiger partial charge in [-0.2, -0.15) is 18.2 Å². The van der Waals surface area contributed by atoms with Crippen LogP contribution in [-0.2, 0) is 12.7 Å². The molecular formula is C24H20F3N3O2. The third-order valence-corrected chi connectivity index (χ3v) is 5.11. The summed E-state index contributed by atoms with van der Waals surface area (Å²) in [5.74, 6) is 0.0443. The molecule has 0 fully saturated rings. The second kappa shape index (κ2) is 8.11. The average Bonchev–Trinajstić information content (AvgIpc) is 2.73. The van der Waals surface area contributed by atoms with Crippen LogP contribution in [0.4, 0.5) is 13.2 Å². The Kier molecular flexibility index (Phi) is 5.46. The molecule has 0 aliphatic rings. The van der Waals surface area contributed by atoms with Gasteiger partial charge in [-0.1, -0.05) is 29.8 Å². The molecule has 0 N–H and O–H groups in total. The number of nitrogens with zero attached hydrogens (tertiary/aromatic N) is 3. The summed E-state index contributed by atoms with van der Waals surface area (Å²) in [4.78, 5) is 20.4. The molecule has 0 bridgehead atoms. The summed E-state index contributed by atoms with van der Waals surface area (Å²) in [5, 5.41) is 0.251. The van der Waals surface area contributed by atoms with Crippen molar-refractivity contribution in [3.63, 3.8) is 0 Å². The van der Waals surface area contributed by atoms with Crippen molar-refractivity contribution < 1.29 is 17.9 Å². The second-order valence-corrected chi connectivity index (χ2v) is 7.68. The molecule has 0 atom stereocenters. The molecule has 0 saturated heterocycles. The molecule has 0 radical (unpaired) electrons. The highest BCUT2D eigenvalue weighted by Gasteiger charge is 2.35. The first kappa shape index (κ1) is 21.5. The highest BCUT2D eigenvalue weighted by atomic mass is 19.4. The van der Waals surface area contributed by atoms with E-state index in [1.807, 2.05) is 35.8 Å². The van der Waals surface area contributed by atoms with Crippen LogP contribution in [0.1, 0.15) is 28.1 Å². The second-order valence-electron chi connectivity index (χ2n) is 7.68. The number of ether oxygens (including phenoxy) is 1. The molecule has 0 aliphatic heterocycles. The smallest absolute Gasteiger partial charge is 0.421 e. The molecule has 4 aromatic rings. The Balaban J connectivity index is 1.76. The largest absolute Gasteiger partial charge is 0.438 e. The summed E-state index contributed by atoms with van der Waals surface area (Å²) in [6.07, 6.45) is -3.32. The van der Waals surface area contributed by atoms with E-state index in [2.05, 4.69) is 9.97 Å². The molecule has 0 amide bonds. The Labute approximate surface area is 182 Å².